The minimum absolute atomic E-state index is 0.0351. The second-order valence-corrected chi connectivity index (χ2v) is 21.0. The third kappa shape index (κ3) is 18.2. The molecule has 0 radical (unpaired) electrons. The van der Waals surface area contributed by atoms with Crippen molar-refractivity contribution in [3.8, 4) is 0 Å². The minimum Gasteiger partial charge on any atom is -0.460 e. The summed E-state index contributed by atoms with van der Waals surface area (Å²) >= 11 is 0. The number of aliphatic hydroxyl groups excluding tert-OH is 1. The van der Waals surface area contributed by atoms with Crippen molar-refractivity contribution in [2.75, 3.05) is 13.2 Å². The van der Waals surface area contributed by atoms with Gasteiger partial charge in [0.15, 0.2) is 25.7 Å². The molecule has 1 N–H and O–H groups in total. The first-order chi connectivity index (χ1) is 13.4. The zero-order chi connectivity index (χ0) is 22.5. The molecule has 172 valence electrons. The quantitative estimate of drug-likeness (QED) is 0.158. The number of rotatable bonds is 16. The van der Waals surface area contributed by atoms with Crippen molar-refractivity contribution < 1.29 is 27.9 Å². The first-order valence-corrected chi connectivity index (χ1v) is 19.7. The number of ether oxygens (including phenoxy) is 1. The highest BCUT2D eigenvalue weighted by Crippen LogP contribution is 2.20. The average Bonchev–Trinajstić information content (AvgIpc) is 2.55. The van der Waals surface area contributed by atoms with Crippen LogP contribution in [-0.2, 0) is 22.8 Å². The zero-order valence-corrected chi connectivity index (χ0v) is 23.0. The van der Waals surface area contributed by atoms with Gasteiger partial charge in [0.25, 0.3) is 0 Å². The summed E-state index contributed by atoms with van der Waals surface area (Å²) in [7, 11) is -4.76. The van der Waals surface area contributed by atoms with Gasteiger partial charge in [-0.25, -0.2) is 4.79 Å². The van der Waals surface area contributed by atoms with Gasteiger partial charge in [0.1, 0.15) is 19.0 Å². The van der Waals surface area contributed by atoms with Gasteiger partial charge >= 0.3 is 5.97 Å². The van der Waals surface area contributed by atoms with E-state index < -0.39 is 37.7 Å². The van der Waals surface area contributed by atoms with Crippen molar-refractivity contribution in [2.45, 2.75) is 96.9 Å². The molecule has 2 atom stereocenters. The van der Waals surface area contributed by atoms with Crippen LogP contribution in [0.25, 0.3) is 0 Å². The van der Waals surface area contributed by atoms with Gasteiger partial charge in [0.2, 0.25) is 0 Å². The molecule has 2 unspecified atom stereocenters. The highest BCUT2D eigenvalue weighted by Gasteiger charge is 2.27. The molecule has 0 heterocycles. The molecule has 9 heteroatoms. The first-order valence-electron chi connectivity index (χ1n) is 10.8. The molecule has 0 aromatic heterocycles. The Morgan fingerprint density at radius 1 is 1.03 bits per heavy atom. The SMILES string of the molecule is CC=CC(=O)OCC(O)CO[SiH](CCC)CCCC(O[Si](C)(C)C)O[Si](C)(C)C. The van der Waals surface area contributed by atoms with Crippen molar-refractivity contribution in [1.82, 2.24) is 0 Å². The second-order valence-electron chi connectivity index (χ2n) is 9.35. The predicted molar refractivity (Wildman–Crippen MR) is 127 cm³/mol. The lowest BCUT2D eigenvalue weighted by molar-refractivity contribution is -0.141. The maximum absolute atomic E-state index is 11.3. The van der Waals surface area contributed by atoms with Crippen LogP contribution in [0.2, 0.25) is 51.4 Å². The van der Waals surface area contributed by atoms with Crippen molar-refractivity contribution in [2.24, 2.45) is 0 Å². The van der Waals surface area contributed by atoms with Crippen LogP contribution in [0.5, 0.6) is 0 Å². The molecule has 0 fully saturated rings. The molecule has 0 aromatic carbocycles. The Bertz CT molecular complexity index is 458. The molecule has 6 nitrogen and oxygen atoms in total. The van der Waals surface area contributed by atoms with Crippen LogP contribution >= 0.6 is 0 Å². The topological polar surface area (TPSA) is 74.2 Å². The molecule has 0 bridgehead atoms. The third-order valence-electron chi connectivity index (χ3n) is 3.79. The van der Waals surface area contributed by atoms with E-state index in [9.17, 15) is 9.90 Å². The number of allylic oxidation sites excluding steroid dienone is 1. The highest BCUT2D eigenvalue weighted by atomic mass is 28.4. The van der Waals surface area contributed by atoms with Crippen LogP contribution in [0.1, 0.15) is 33.1 Å². The number of carbonyl (C=O) groups is 1. The largest absolute Gasteiger partial charge is 0.460 e. The van der Waals surface area contributed by atoms with Crippen LogP contribution in [0.4, 0.5) is 0 Å². The first kappa shape index (κ1) is 28.7. The number of aliphatic hydroxyl groups is 1. The third-order valence-corrected chi connectivity index (χ3v) is 8.67. The van der Waals surface area contributed by atoms with Crippen LogP contribution in [0.15, 0.2) is 12.2 Å². The second kappa shape index (κ2) is 14.7. The van der Waals surface area contributed by atoms with E-state index in [1.165, 1.54) is 6.08 Å². The summed E-state index contributed by atoms with van der Waals surface area (Å²) in [4.78, 5) is 11.3. The van der Waals surface area contributed by atoms with E-state index >= 15 is 0 Å². The lowest BCUT2D eigenvalue weighted by Gasteiger charge is -2.32. The van der Waals surface area contributed by atoms with Gasteiger partial charge in [-0.1, -0.05) is 19.4 Å². The van der Waals surface area contributed by atoms with Crippen molar-refractivity contribution >= 4 is 31.6 Å². The number of carbonyl (C=O) groups excluding carboxylic acids is 1. The van der Waals surface area contributed by atoms with Crippen LogP contribution in [-0.4, -0.2) is 62.4 Å². The standard InChI is InChI=1S/C20H44O6Si3/c1-9-12-19(22)23-16-18(21)17-24-27(14-10-2)15-11-13-20(25-28(3,4)5)26-29(6,7)8/h9,12,18,20-21,27H,10-11,13-17H2,1-8H3. The monoisotopic (exact) mass is 464 g/mol. The Morgan fingerprint density at radius 3 is 2.10 bits per heavy atom. The summed E-state index contributed by atoms with van der Waals surface area (Å²) in [5, 5.41) is 10.0. The maximum atomic E-state index is 11.3. The summed E-state index contributed by atoms with van der Waals surface area (Å²) in [6.45, 7) is 17.2. The molecular weight excluding hydrogens is 420 g/mol. The van der Waals surface area contributed by atoms with Gasteiger partial charge in [-0.3, -0.25) is 0 Å². The Balaban J connectivity index is 4.46. The Labute approximate surface area is 182 Å². The molecular formula is C20H44O6Si3. The van der Waals surface area contributed by atoms with Gasteiger partial charge in [0, 0.05) is 6.08 Å². The Morgan fingerprint density at radius 2 is 1.62 bits per heavy atom. The fraction of sp³-hybridized carbons (Fsp3) is 0.850. The van der Waals surface area contributed by atoms with Crippen LogP contribution in [0, 0.1) is 0 Å². The van der Waals surface area contributed by atoms with E-state index in [0.717, 1.165) is 31.4 Å². The fourth-order valence-electron chi connectivity index (χ4n) is 2.73. The molecule has 0 rings (SSSR count). The molecule has 0 saturated carbocycles. The molecule has 0 saturated heterocycles. The molecule has 0 aliphatic carbocycles. The van der Waals surface area contributed by atoms with E-state index in [4.69, 9.17) is 18.0 Å². The molecule has 0 spiro atoms. The van der Waals surface area contributed by atoms with E-state index in [1.54, 1.807) is 13.0 Å². The van der Waals surface area contributed by atoms with Crippen molar-refractivity contribution in [1.29, 1.82) is 0 Å². The number of esters is 1. The van der Waals surface area contributed by atoms with Gasteiger partial charge < -0.3 is 23.1 Å². The fourth-order valence-corrected chi connectivity index (χ4v) is 7.19. The maximum Gasteiger partial charge on any atom is 0.330 e. The summed E-state index contributed by atoms with van der Waals surface area (Å²) in [5.74, 6) is -0.440. The summed E-state index contributed by atoms with van der Waals surface area (Å²) in [6, 6.07) is 2.10. The summed E-state index contributed by atoms with van der Waals surface area (Å²) in [5.41, 5.74) is 0. The van der Waals surface area contributed by atoms with Gasteiger partial charge in [-0.2, -0.15) is 0 Å². The molecule has 0 aliphatic heterocycles. The molecule has 0 amide bonds. The number of hydrogen-bond donors (Lipinski definition) is 1. The minimum atomic E-state index is -1.67. The van der Waals surface area contributed by atoms with Gasteiger partial charge in [-0.05, 0) is 71.1 Å². The lowest BCUT2D eigenvalue weighted by Crippen LogP contribution is -2.40. The van der Waals surface area contributed by atoms with Gasteiger partial charge in [0.05, 0.1) is 6.61 Å². The normalized spacial score (nSPS) is 15.1. The van der Waals surface area contributed by atoms with Crippen molar-refractivity contribution in [3.63, 3.8) is 0 Å². The summed E-state index contributed by atoms with van der Waals surface area (Å²) < 4.78 is 23.5. The highest BCUT2D eigenvalue weighted by molar-refractivity contribution is 6.70. The van der Waals surface area contributed by atoms with Crippen LogP contribution in [0.3, 0.4) is 0 Å². The van der Waals surface area contributed by atoms with E-state index in [2.05, 4.69) is 46.2 Å². The van der Waals surface area contributed by atoms with E-state index in [-0.39, 0.29) is 19.5 Å². The zero-order valence-electron chi connectivity index (χ0n) is 19.8. The molecule has 0 aliphatic rings. The predicted octanol–water partition coefficient (Wildman–Crippen LogP) is 4.43. The smallest absolute Gasteiger partial charge is 0.330 e. The van der Waals surface area contributed by atoms with Crippen molar-refractivity contribution in [3.05, 3.63) is 12.2 Å². The van der Waals surface area contributed by atoms with E-state index in [0.29, 0.717) is 0 Å². The van der Waals surface area contributed by atoms with Gasteiger partial charge in [-0.15, -0.1) is 0 Å². The average molecular weight is 465 g/mol. The Hall–Kier alpha value is -0.299. The molecule has 29 heavy (non-hydrogen) atoms. The Kier molecular flexibility index (Phi) is 14.5. The van der Waals surface area contributed by atoms with E-state index in [1.807, 2.05) is 0 Å². The molecule has 0 aromatic rings. The number of hydrogen-bond acceptors (Lipinski definition) is 6. The van der Waals surface area contributed by atoms with Crippen LogP contribution < -0.4 is 0 Å². The lowest BCUT2D eigenvalue weighted by atomic mass is 10.3. The summed E-state index contributed by atoms with van der Waals surface area (Å²) in [6.07, 6.45) is 5.00.